The molecule has 15 heteroatoms. The summed E-state index contributed by atoms with van der Waals surface area (Å²) in [5.41, 5.74) is -0.210. The number of nitrogens with zero attached hydrogens (tertiary/aromatic N) is 2. The molecule has 1 atom stereocenters. The van der Waals surface area contributed by atoms with Gasteiger partial charge in [-0.25, -0.2) is 14.0 Å². The third kappa shape index (κ3) is 4.89. The summed E-state index contributed by atoms with van der Waals surface area (Å²) in [6, 6.07) is 3.33. The van der Waals surface area contributed by atoms with Gasteiger partial charge in [-0.2, -0.15) is 23.8 Å². The van der Waals surface area contributed by atoms with Gasteiger partial charge in [-0.15, -0.1) is 0 Å². The summed E-state index contributed by atoms with van der Waals surface area (Å²) >= 11 is 0. The normalized spacial score (nSPS) is 21.6. The van der Waals surface area contributed by atoms with E-state index in [1.165, 1.54) is 6.07 Å². The number of ketones is 1. The first-order chi connectivity index (χ1) is 14.8. The number of Topliss-reactive ketones (excluding diaryl/α,β-unsaturated/α-hetero) is 1. The zero-order valence-electron chi connectivity index (χ0n) is 16.0. The number of hydrogen-bond donors (Lipinski definition) is 4. The van der Waals surface area contributed by atoms with E-state index in [1.54, 1.807) is 0 Å². The van der Waals surface area contributed by atoms with Gasteiger partial charge in [0.1, 0.15) is 16.8 Å². The first-order valence-electron chi connectivity index (χ1n) is 8.90. The number of halogens is 4. The molecule has 3 rings (SSSR count). The van der Waals surface area contributed by atoms with Crippen LogP contribution in [0.1, 0.15) is 0 Å². The maximum Gasteiger partial charge on any atom is 0.456 e. The smallest absolute Gasteiger partial charge is 0.456 e. The molecule has 0 aliphatic carbocycles. The lowest BCUT2D eigenvalue weighted by Gasteiger charge is -2.40. The van der Waals surface area contributed by atoms with Gasteiger partial charge in [0.15, 0.2) is 0 Å². The molecule has 0 unspecified atom stereocenters. The Kier molecular flexibility index (Phi) is 6.26. The quantitative estimate of drug-likeness (QED) is 0.469. The van der Waals surface area contributed by atoms with Crippen LogP contribution < -0.4 is 15.1 Å². The summed E-state index contributed by atoms with van der Waals surface area (Å²) in [5.74, 6) is -4.01. The predicted octanol–water partition coefficient (Wildman–Crippen LogP) is 2.96. The first-order valence-corrected chi connectivity index (χ1v) is 10.6. The van der Waals surface area contributed by atoms with Gasteiger partial charge in [0.25, 0.3) is 5.78 Å². The third-order valence-electron chi connectivity index (χ3n) is 4.63. The Morgan fingerprint density at radius 3 is 2.56 bits per heavy atom. The fraction of sp³-hybridized carbons (Fsp3) is 0.353. The molecule has 0 aromatic heterocycles. The number of nitrogens with one attached hydrogen (secondary N) is 1. The molecule has 1 aromatic carbocycles. The average Bonchev–Trinajstić information content (AvgIpc) is 3.06. The van der Waals surface area contributed by atoms with Crippen LogP contribution >= 0.6 is 10.6 Å². The topological polar surface area (TPSA) is 140 Å². The molecule has 2 aliphatic rings. The minimum atomic E-state index is -5.34. The van der Waals surface area contributed by atoms with E-state index in [4.69, 9.17) is 9.84 Å². The van der Waals surface area contributed by atoms with Crippen LogP contribution in [0.25, 0.3) is 0 Å². The molecule has 2 aliphatic heterocycles. The zero-order chi connectivity index (χ0) is 23.8. The van der Waals surface area contributed by atoms with Crippen LogP contribution in [-0.4, -0.2) is 69.8 Å². The van der Waals surface area contributed by atoms with Gasteiger partial charge in [-0.1, -0.05) is 0 Å². The summed E-state index contributed by atoms with van der Waals surface area (Å²) in [5, 5.41) is 10.7. The van der Waals surface area contributed by atoms with E-state index in [1.807, 2.05) is 0 Å². The Hall–Kier alpha value is -3.04. The number of anilines is 2. The van der Waals surface area contributed by atoms with Crippen molar-refractivity contribution in [2.24, 2.45) is 0 Å². The SMILES string of the molecule is O=C(O)NC[C@H]1CN(c2ccc(N3C=C(C(=O)C(F)(F)F)S(O)(O)CC3)c(F)c2)C(=O)O1. The first kappa shape index (κ1) is 23.6. The summed E-state index contributed by atoms with van der Waals surface area (Å²) in [6.07, 6.45) is -7.76. The van der Waals surface area contributed by atoms with Gasteiger partial charge in [0.2, 0.25) is 0 Å². The van der Waals surface area contributed by atoms with Crippen LogP contribution in [0.3, 0.4) is 0 Å². The number of carboxylic acid groups (broad SMARTS) is 1. The average molecular weight is 483 g/mol. The summed E-state index contributed by atoms with van der Waals surface area (Å²) < 4.78 is 77.8. The van der Waals surface area contributed by atoms with Crippen molar-refractivity contribution in [2.45, 2.75) is 12.3 Å². The van der Waals surface area contributed by atoms with Crippen LogP contribution in [0.2, 0.25) is 0 Å². The van der Waals surface area contributed by atoms with Crippen LogP contribution in [0.4, 0.5) is 38.5 Å². The van der Waals surface area contributed by atoms with E-state index in [0.29, 0.717) is 6.20 Å². The van der Waals surface area contributed by atoms with Gasteiger partial charge < -0.3 is 20.1 Å². The maximum atomic E-state index is 14.8. The highest BCUT2D eigenvalue weighted by atomic mass is 32.3. The lowest BCUT2D eigenvalue weighted by atomic mass is 10.2. The highest BCUT2D eigenvalue weighted by Crippen LogP contribution is 2.52. The van der Waals surface area contributed by atoms with Crippen LogP contribution in [0.15, 0.2) is 29.3 Å². The molecule has 2 heterocycles. The van der Waals surface area contributed by atoms with E-state index in [9.17, 15) is 41.1 Å². The molecule has 32 heavy (non-hydrogen) atoms. The van der Waals surface area contributed by atoms with Crippen molar-refractivity contribution in [1.82, 2.24) is 5.32 Å². The van der Waals surface area contributed by atoms with Crippen LogP contribution in [-0.2, 0) is 9.53 Å². The highest BCUT2D eigenvalue weighted by Gasteiger charge is 2.46. The predicted molar refractivity (Wildman–Crippen MR) is 104 cm³/mol. The molecule has 0 spiro atoms. The summed E-state index contributed by atoms with van der Waals surface area (Å²) in [6.45, 7) is -0.534. The number of carbonyl (C=O) groups is 3. The van der Waals surface area contributed by atoms with E-state index in [2.05, 4.69) is 5.32 Å². The number of cyclic esters (lactones) is 1. The summed E-state index contributed by atoms with van der Waals surface area (Å²) in [7, 11) is -4.00. The number of hydrogen-bond acceptors (Lipinski definition) is 7. The van der Waals surface area contributed by atoms with Crippen LogP contribution in [0, 0.1) is 5.82 Å². The zero-order valence-corrected chi connectivity index (χ0v) is 16.8. The molecule has 176 valence electrons. The Morgan fingerprint density at radius 1 is 1.28 bits per heavy atom. The number of ether oxygens (including phenoxy) is 1. The van der Waals surface area contributed by atoms with Crippen molar-refractivity contribution in [3.05, 3.63) is 35.1 Å². The molecule has 0 radical (unpaired) electrons. The third-order valence-corrected chi connectivity index (χ3v) is 6.38. The van der Waals surface area contributed by atoms with E-state index < -0.39 is 57.3 Å². The van der Waals surface area contributed by atoms with Crippen molar-refractivity contribution in [3.63, 3.8) is 0 Å². The van der Waals surface area contributed by atoms with Crippen molar-refractivity contribution in [1.29, 1.82) is 0 Å². The monoisotopic (exact) mass is 483 g/mol. The molecule has 0 saturated carbocycles. The number of benzene rings is 1. The molecule has 0 bridgehead atoms. The van der Waals surface area contributed by atoms with E-state index in [-0.39, 0.29) is 31.0 Å². The lowest BCUT2D eigenvalue weighted by molar-refractivity contribution is -0.165. The standard InChI is InChI=1S/C17H17F4N3O7S/c18-11-5-9(24-7-10(31-16(24)28)6-22-15(26)27)1-2-12(11)23-3-4-32(29,30)13(8-23)14(25)17(19,20)21/h1-2,5,8,10,22,29-30H,3-4,6-7H2,(H,26,27)/t10-/m0/s1. The van der Waals surface area contributed by atoms with Gasteiger partial charge >= 0.3 is 18.4 Å². The number of rotatable bonds is 5. The lowest BCUT2D eigenvalue weighted by Crippen LogP contribution is -2.36. The number of carbonyl (C=O) groups excluding carboxylic acids is 2. The fourth-order valence-corrected chi connectivity index (χ4v) is 4.48. The van der Waals surface area contributed by atoms with Crippen molar-refractivity contribution in [2.75, 3.05) is 35.2 Å². The van der Waals surface area contributed by atoms with Gasteiger partial charge in [-0.05, 0) is 18.2 Å². The summed E-state index contributed by atoms with van der Waals surface area (Å²) in [4.78, 5) is 34.8. The molecule has 2 amide bonds. The number of amides is 2. The maximum absolute atomic E-state index is 14.8. The Bertz CT molecular complexity index is 985. The van der Waals surface area contributed by atoms with Crippen molar-refractivity contribution in [3.8, 4) is 0 Å². The number of allylic oxidation sites excluding steroid dienone is 1. The largest absolute Gasteiger partial charge is 0.465 e. The van der Waals surface area contributed by atoms with Gasteiger partial charge in [-0.3, -0.25) is 18.8 Å². The second kappa shape index (κ2) is 8.48. The second-order valence-electron chi connectivity index (χ2n) is 6.82. The molecular formula is C17H17F4N3O7S. The van der Waals surface area contributed by atoms with Crippen molar-refractivity contribution < 1.29 is 50.9 Å². The minimum absolute atomic E-state index is 0.0472. The minimum Gasteiger partial charge on any atom is -0.465 e. The molecular weight excluding hydrogens is 466 g/mol. The fourth-order valence-electron chi connectivity index (χ4n) is 3.10. The molecule has 10 nitrogen and oxygen atoms in total. The molecule has 1 saturated heterocycles. The van der Waals surface area contributed by atoms with Crippen LogP contribution in [0.5, 0.6) is 0 Å². The van der Waals surface area contributed by atoms with E-state index in [0.717, 1.165) is 21.9 Å². The Morgan fingerprint density at radius 2 is 1.97 bits per heavy atom. The van der Waals surface area contributed by atoms with Gasteiger partial charge in [0.05, 0.1) is 30.2 Å². The van der Waals surface area contributed by atoms with Gasteiger partial charge in [0, 0.05) is 12.7 Å². The molecule has 1 aromatic rings. The second-order valence-corrected chi connectivity index (χ2v) is 9.00. The van der Waals surface area contributed by atoms with E-state index >= 15 is 0 Å². The highest BCUT2D eigenvalue weighted by molar-refractivity contribution is 8.28. The Labute approximate surface area is 179 Å². The number of alkyl halides is 3. The Balaban J connectivity index is 1.83. The molecule has 1 fully saturated rings. The molecule has 4 N–H and O–H groups in total. The van der Waals surface area contributed by atoms with Crippen molar-refractivity contribution >= 4 is 39.9 Å².